The number of hydrogen-bond donors (Lipinski definition) is 1. The van der Waals surface area contributed by atoms with Crippen molar-refractivity contribution in [3.63, 3.8) is 0 Å². The smallest absolute Gasteiger partial charge is 0.251 e. The number of aromatic nitrogens is 4. The predicted octanol–water partition coefficient (Wildman–Crippen LogP) is 3.87. The van der Waals surface area contributed by atoms with Gasteiger partial charge in [-0.15, -0.1) is 0 Å². The van der Waals surface area contributed by atoms with Crippen molar-refractivity contribution in [2.45, 2.75) is 48.0 Å². The number of ether oxygens (including phenoxy) is 2. The molecule has 0 aliphatic rings. The van der Waals surface area contributed by atoms with Crippen LogP contribution in [0, 0.1) is 27.7 Å². The SMILES string of the molecule is CCOc1ccc(OCC)c(NC(=O)Cc2c(C)nn(-c3nc(C)cc(C)n3)c2C)c1. The largest absolute Gasteiger partial charge is 0.494 e. The second-order valence-corrected chi connectivity index (χ2v) is 7.26. The van der Waals surface area contributed by atoms with Gasteiger partial charge in [0.1, 0.15) is 11.5 Å². The molecule has 0 atom stereocenters. The van der Waals surface area contributed by atoms with Crippen LogP contribution in [0.2, 0.25) is 0 Å². The molecular formula is C23H29N5O3. The van der Waals surface area contributed by atoms with Crippen molar-refractivity contribution in [2.75, 3.05) is 18.5 Å². The van der Waals surface area contributed by atoms with Crippen LogP contribution in [0.3, 0.4) is 0 Å². The number of carbonyl (C=O) groups excluding carboxylic acids is 1. The van der Waals surface area contributed by atoms with Crippen molar-refractivity contribution in [2.24, 2.45) is 0 Å². The third kappa shape index (κ3) is 5.20. The van der Waals surface area contributed by atoms with E-state index in [1.165, 1.54) is 0 Å². The van der Waals surface area contributed by atoms with Gasteiger partial charge >= 0.3 is 0 Å². The van der Waals surface area contributed by atoms with Crippen LogP contribution in [0.15, 0.2) is 24.3 Å². The molecule has 0 unspecified atom stereocenters. The van der Waals surface area contributed by atoms with Crippen LogP contribution >= 0.6 is 0 Å². The van der Waals surface area contributed by atoms with Crippen LogP contribution < -0.4 is 14.8 Å². The zero-order chi connectivity index (χ0) is 22.5. The van der Waals surface area contributed by atoms with Crippen LogP contribution in [0.5, 0.6) is 11.5 Å². The van der Waals surface area contributed by atoms with E-state index in [-0.39, 0.29) is 12.3 Å². The fourth-order valence-corrected chi connectivity index (χ4v) is 3.43. The van der Waals surface area contributed by atoms with Gasteiger partial charge in [-0.3, -0.25) is 4.79 Å². The van der Waals surface area contributed by atoms with E-state index in [4.69, 9.17) is 9.47 Å². The maximum atomic E-state index is 12.9. The van der Waals surface area contributed by atoms with E-state index in [0.717, 1.165) is 28.3 Å². The molecule has 0 radical (unpaired) electrons. The quantitative estimate of drug-likeness (QED) is 0.591. The number of benzene rings is 1. The number of carbonyl (C=O) groups is 1. The Morgan fingerprint density at radius 2 is 1.68 bits per heavy atom. The summed E-state index contributed by atoms with van der Waals surface area (Å²) in [6, 6.07) is 7.32. The lowest BCUT2D eigenvalue weighted by Crippen LogP contribution is -2.16. The Bertz CT molecular complexity index is 1070. The number of rotatable bonds is 8. The van der Waals surface area contributed by atoms with Gasteiger partial charge in [0, 0.05) is 28.7 Å². The van der Waals surface area contributed by atoms with Crippen LogP contribution in [0.4, 0.5) is 5.69 Å². The molecule has 8 nitrogen and oxygen atoms in total. The molecular weight excluding hydrogens is 394 g/mol. The Hall–Kier alpha value is -3.42. The molecule has 0 aliphatic heterocycles. The Labute approximate surface area is 182 Å². The van der Waals surface area contributed by atoms with E-state index in [9.17, 15) is 4.79 Å². The number of anilines is 1. The van der Waals surface area contributed by atoms with E-state index < -0.39 is 0 Å². The molecule has 0 saturated carbocycles. The summed E-state index contributed by atoms with van der Waals surface area (Å²) in [6.45, 7) is 12.5. The monoisotopic (exact) mass is 423 g/mol. The van der Waals surface area contributed by atoms with Crippen molar-refractivity contribution in [3.05, 3.63) is 52.6 Å². The molecule has 0 aliphatic carbocycles. The summed E-state index contributed by atoms with van der Waals surface area (Å²) >= 11 is 0. The van der Waals surface area contributed by atoms with Gasteiger partial charge < -0.3 is 14.8 Å². The zero-order valence-electron chi connectivity index (χ0n) is 18.9. The molecule has 2 aromatic heterocycles. The molecule has 0 saturated heterocycles. The molecule has 3 rings (SSSR count). The molecule has 31 heavy (non-hydrogen) atoms. The van der Waals surface area contributed by atoms with E-state index in [2.05, 4.69) is 20.4 Å². The first-order valence-corrected chi connectivity index (χ1v) is 10.4. The lowest BCUT2D eigenvalue weighted by atomic mass is 10.1. The first-order valence-electron chi connectivity index (χ1n) is 10.4. The van der Waals surface area contributed by atoms with Gasteiger partial charge in [-0.25, -0.2) is 14.6 Å². The number of nitrogens with zero attached hydrogens (tertiary/aromatic N) is 4. The average Bonchev–Trinajstić information content (AvgIpc) is 2.98. The molecule has 164 valence electrons. The minimum atomic E-state index is -0.165. The third-order valence-electron chi connectivity index (χ3n) is 4.77. The molecule has 0 spiro atoms. The van der Waals surface area contributed by atoms with Crippen molar-refractivity contribution in [1.29, 1.82) is 0 Å². The van der Waals surface area contributed by atoms with Gasteiger partial charge in [0.05, 0.1) is 31.0 Å². The molecule has 1 N–H and O–H groups in total. The average molecular weight is 424 g/mol. The summed E-state index contributed by atoms with van der Waals surface area (Å²) in [5, 5.41) is 7.53. The van der Waals surface area contributed by atoms with Crippen LogP contribution in [0.25, 0.3) is 5.95 Å². The molecule has 0 fully saturated rings. The Morgan fingerprint density at radius 3 is 2.32 bits per heavy atom. The minimum absolute atomic E-state index is 0.165. The fourth-order valence-electron chi connectivity index (χ4n) is 3.43. The molecule has 1 amide bonds. The Kier molecular flexibility index (Phi) is 6.89. The van der Waals surface area contributed by atoms with Gasteiger partial charge in [0.25, 0.3) is 5.95 Å². The second kappa shape index (κ2) is 9.59. The van der Waals surface area contributed by atoms with Gasteiger partial charge in [-0.05, 0) is 59.7 Å². The van der Waals surface area contributed by atoms with E-state index in [0.29, 0.717) is 36.3 Å². The summed E-state index contributed by atoms with van der Waals surface area (Å²) in [4.78, 5) is 21.9. The fraction of sp³-hybridized carbons (Fsp3) is 0.391. The lowest BCUT2D eigenvalue weighted by molar-refractivity contribution is -0.115. The molecule has 8 heteroatoms. The topological polar surface area (TPSA) is 91.2 Å². The molecule has 2 heterocycles. The third-order valence-corrected chi connectivity index (χ3v) is 4.77. The first kappa shape index (κ1) is 22.3. The molecule has 1 aromatic carbocycles. The Balaban J connectivity index is 1.84. The number of hydrogen-bond acceptors (Lipinski definition) is 6. The predicted molar refractivity (Wildman–Crippen MR) is 119 cm³/mol. The highest BCUT2D eigenvalue weighted by Crippen LogP contribution is 2.30. The van der Waals surface area contributed by atoms with E-state index in [1.807, 2.05) is 53.7 Å². The van der Waals surface area contributed by atoms with Crippen LogP contribution in [-0.2, 0) is 11.2 Å². The highest BCUT2D eigenvalue weighted by molar-refractivity contribution is 5.94. The van der Waals surface area contributed by atoms with Gasteiger partial charge in [-0.2, -0.15) is 5.10 Å². The van der Waals surface area contributed by atoms with Crippen molar-refractivity contribution < 1.29 is 14.3 Å². The van der Waals surface area contributed by atoms with Crippen molar-refractivity contribution >= 4 is 11.6 Å². The van der Waals surface area contributed by atoms with Gasteiger partial charge in [0.2, 0.25) is 5.91 Å². The minimum Gasteiger partial charge on any atom is -0.494 e. The van der Waals surface area contributed by atoms with E-state index >= 15 is 0 Å². The van der Waals surface area contributed by atoms with Crippen LogP contribution in [-0.4, -0.2) is 38.9 Å². The lowest BCUT2D eigenvalue weighted by Gasteiger charge is -2.13. The number of aryl methyl sites for hydroxylation is 3. The summed E-state index contributed by atoms with van der Waals surface area (Å²) in [6.07, 6.45) is 0.174. The normalized spacial score (nSPS) is 10.8. The van der Waals surface area contributed by atoms with E-state index in [1.54, 1.807) is 16.8 Å². The standard InChI is InChI=1S/C23H29N5O3/c1-7-30-18-9-10-21(31-8-2)20(12-18)26-22(29)13-19-16(5)27-28(17(19)6)23-24-14(3)11-15(4)25-23/h9-12H,7-8,13H2,1-6H3,(H,26,29). The summed E-state index contributed by atoms with van der Waals surface area (Å²) in [5.74, 6) is 1.62. The summed E-state index contributed by atoms with van der Waals surface area (Å²) < 4.78 is 12.9. The van der Waals surface area contributed by atoms with Crippen molar-refractivity contribution in [3.8, 4) is 17.4 Å². The maximum absolute atomic E-state index is 12.9. The van der Waals surface area contributed by atoms with Crippen molar-refractivity contribution in [1.82, 2.24) is 19.7 Å². The number of amides is 1. The Morgan fingerprint density at radius 1 is 1.00 bits per heavy atom. The van der Waals surface area contributed by atoms with Crippen LogP contribution in [0.1, 0.15) is 42.2 Å². The van der Waals surface area contributed by atoms with Gasteiger partial charge in [0.15, 0.2) is 0 Å². The summed E-state index contributed by atoms with van der Waals surface area (Å²) in [5.41, 5.74) is 4.77. The second-order valence-electron chi connectivity index (χ2n) is 7.26. The van der Waals surface area contributed by atoms with Gasteiger partial charge in [-0.1, -0.05) is 0 Å². The zero-order valence-corrected chi connectivity index (χ0v) is 18.9. The highest BCUT2D eigenvalue weighted by atomic mass is 16.5. The molecule has 0 bridgehead atoms. The molecule has 3 aromatic rings. The number of nitrogens with one attached hydrogen (secondary N) is 1. The maximum Gasteiger partial charge on any atom is 0.251 e. The first-order chi connectivity index (χ1) is 14.8. The summed E-state index contributed by atoms with van der Waals surface area (Å²) in [7, 11) is 0. The highest BCUT2D eigenvalue weighted by Gasteiger charge is 2.19.